The predicted molar refractivity (Wildman–Crippen MR) is 60.2 cm³/mol. The zero-order valence-electron chi connectivity index (χ0n) is 9.57. The quantitative estimate of drug-likeness (QED) is 0.407. The van der Waals surface area contributed by atoms with E-state index >= 15 is 0 Å². The SMILES string of the molecule is NNC(CCOCC(F)(F)F)c1cnccc1N. The summed E-state index contributed by atoms with van der Waals surface area (Å²) in [6.45, 7) is -1.35. The molecular formula is C10H15F3N4O. The molecule has 1 atom stereocenters. The Bertz CT molecular complexity index is 372. The van der Waals surface area contributed by atoms with Crippen LogP contribution in [0.1, 0.15) is 18.0 Å². The Labute approximate surface area is 102 Å². The summed E-state index contributed by atoms with van der Waals surface area (Å²) in [5.74, 6) is 5.33. The van der Waals surface area contributed by atoms with Gasteiger partial charge in [0.05, 0.1) is 6.04 Å². The Balaban J connectivity index is 2.46. The molecule has 18 heavy (non-hydrogen) atoms. The van der Waals surface area contributed by atoms with Gasteiger partial charge in [0, 0.05) is 30.3 Å². The van der Waals surface area contributed by atoms with Gasteiger partial charge in [-0.3, -0.25) is 16.3 Å². The average Bonchev–Trinajstić information content (AvgIpc) is 2.29. The minimum atomic E-state index is -4.32. The van der Waals surface area contributed by atoms with Gasteiger partial charge in [0.1, 0.15) is 6.61 Å². The van der Waals surface area contributed by atoms with E-state index in [0.29, 0.717) is 11.3 Å². The number of aromatic nitrogens is 1. The summed E-state index contributed by atoms with van der Waals surface area (Å²) in [5.41, 5.74) is 9.30. The molecule has 0 radical (unpaired) electrons. The molecule has 1 unspecified atom stereocenters. The molecular weight excluding hydrogens is 249 g/mol. The Morgan fingerprint density at radius 3 is 2.72 bits per heavy atom. The fourth-order valence-corrected chi connectivity index (χ4v) is 1.43. The summed E-state index contributed by atoms with van der Waals surface area (Å²) >= 11 is 0. The van der Waals surface area contributed by atoms with E-state index in [2.05, 4.69) is 15.1 Å². The van der Waals surface area contributed by atoms with E-state index in [-0.39, 0.29) is 13.0 Å². The normalized spacial score (nSPS) is 13.6. The number of nitrogens with two attached hydrogens (primary N) is 2. The van der Waals surface area contributed by atoms with Crippen molar-refractivity contribution in [2.45, 2.75) is 18.6 Å². The van der Waals surface area contributed by atoms with Crippen LogP contribution >= 0.6 is 0 Å². The maximum absolute atomic E-state index is 11.9. The van der Waals surface area contributed by atoms with Crippen molar-refractivity contribution in [2.75, 3.05) is 18.9 Å². The summed E-state index contributed by atoms with van der Waals surface area (Å²) in [6, 6.07) is 1.20. The van der Waals surface area contributed by atoms with E-state index in [1.807, 2.05) is 0 Å². The largest absolute Gasteiger partial charge is 0.411 e. The van der Waals surface area contributed by atoms with Crippen LogP contribution in [0.4, 0.5) is 18.9 Å². The number of hydrazine groups is 1. The molecule has 0 bridgehead atoms. The van der Waals surface area contributed by atoms with Crippen LogP contribution in [0.3, 0.4) is 0 Å². The summed E-state index contributed by atoms with van der Waals surface area (Å²) in [4.78, 5) is 3.89. The summed E-state index contributed by atoms with van der Waals surface area (Å²) in [7, 11) is 0. The van der Waals surface area contributed by atoms with Gasteiger partial charge in [-0.2, -0.15) is 13.2 Å². The van der Waals surface area contributed by atoms with Gasteiger partial charge < -0.3 is 10.5 Å². The number of nitrogen functional groups attached to an aromatic ring is 1. The first kappa shape index (κ1) is 14.7. The van der Waals surface area contributed by atoms with Crippen molar-refractivity contribution in [1.82, 2.24) is 10.4 Å². The van der Waals surface area contributed by atoms with Crippen molar-refractivity contribution in [1.29, 1.82) is 0 Å². The van der Waals surface area contributed by atoms with Crippen LogP contribution in [0.25, 0.3) is 0 Å². The fourth-order valence-electron chi connectivity index (χ4n) is 1.43. The van der Waals surface area contributed by atoms with Gasteiger partial charge in [-0.15, -0.1) is 0 Å². The van der Waals surface area contributed by atoms with Gasteiger partial charge in [-0.25, -0.2) is 0 Å². The second-order valence-electron chi connectivity index (χ2n) is 3.68. The monoisotopic (exact) mass is 264 g/mol. The highest BCUT2D eigenvalue weighted by Gasteiger charge is 2.27. The van der Waals surface area contributed by atoms with E-state index in [1.54, 1.807) is 6.07 Å². The summed E-state index contributed by atoms with van der Waals surface area (Å²) in [5, 5.41) is 0. The molecule has 5 nitrogen and oxygen atoms in total. The number of halogens is 3. The van der Waals surface area contributed by atoms with Crippen LogP contribution in [-0.2, 0) is 4.74 Å². The van der Waals surface area contributed by atoms with Gasteiger partial charge >= 0.3 is 6.18 Å². The van der Waals surface area contributed by atoms with E-state index in [1.165, 1.54) is 12.4 Å². The fraction of sp³-hybridized carbons (Fsp3) is 0.500. The molecule has 1 heterocycles. The van der Waals surface area contributed by atoms with Crippen molar-refractivity contribution >= 4 is 5.69 Å². The predicted octanol–water partition coefficient (Wildman–Crippen LogP) is 1.14. The Kier molecular flexibility index (Phi) is 5.32. The standard InChI is InChI=1S/C10H15F3N4O/c11-10(12,13)6-18-4-2-9(17-15)7-5-16-3-1-8(7)14/h1,3,5,9,17H,2,4,6,15H2,(H2,14,16). The molecule has 1 aromatic heterocycles. The highest BCUT2D eigenvalue weighted by molar-refractivity contribution is 5.46. The smallest absolute Gasteiger partial charge is 0.398 e. The van der Waals surface area contributed by atoms with Gasteiger partial charge in [0.25, 0.3) is 0 Å². The topological polar surface area (TPSA) is 86.2 Å². The molecule has 102 valence electrons. The zero-order valence-corrected chi connectivity index (χ0v) is 9.57. The Morgan fingerprint density at radius 1 is 1.44 bits per heavy atom. The molecule has 0 fully saturated rings. The van der Waals surface area contributed by atoms with E-state index in [9.17, 15) is 13.2 Å². The lowest BCUT2D eigenvalue weighted by Gasteiger charge is -2.17. The number of nitrogens with one attached hydrogen (secondary N) is 1. The minimum Gasteiger partial charge on any atom is -0.398 e. The molecule has 0 aliphatic heterocycles. The molecule has 0 aromatic carbocycles. The van der Waals surface area contributed by atoms with Crippen molar-refractivity contribution in [3.8, 4) is 0 Å². The number of hydrogen-bond acceptors (Lipinski definition) is 5. The van der Waals surface area contributed by atoms with Crippen LogP contribution in [0.15, 0.2) is 18.5 Å². The summed E-state index contributed by atoms with van der Waals surface area (Å²) < 4.78 is 40.1. The second kappa shape index (κ2) is 6.53. The third-order valence-corrected chi connectivity index (χ3v) is 2.28. The first-order valence-electron chi connectivity index (χ1n) is 5.24. The summed E-state index contributed by atoms with van der Waals surface area (Å²) in [6.07, 6.45) is -1.02. The van der Waals surface area contributed by atoms with Crippen molar-refractivity contribution < 1.29 is 17.9 Å². The molecule has 0 spiro atoms. The van der Waals surface area contributed by atoms with Crippen LogP contribution < -0.4 is 17.0 Å². The molecule has 1 rings (SSSR count). The minimum absolute atomic E-state index is 0.0806. The Morgan fingerprint density at radius 2 is 2.17 bits per heavy atom. The van der Waals surface area contributed by atoms with Gasteiger partial charge in [0.2, 0.25) is 0 Å². The third-order valence-electron chi connectivity index (χ3n) is 2.28. The van der Waals surface area contributed by atoms with Gasteiger partial charge in [0.15, 0.2) is 0 Å². The number of anilines is 1. The number of alkyl halides is 3. The molecule has 8 heteroatoms. The zero-order chi connectivity index (χ0) is 13.6. The lowest BCUT2D eigenvalue weighted by atomic mass is 10.1. The van der Waals surface area contributed by atoms with Crippen LogP contribution in [0.2, 0.25) is 0 Å². The van der Waals surface area contributed by atoms with Gasteiger partial charge in [-0.1, -0.05) is 0 Å². The first-order valence-corrected chi connectivity index (χ1v) is 5.24. The Hall–Kier alpha value is -1.38. The average molecular weight is 264 g/mol. The first-order chi connectivity index (χ1) is 8.44. The van der Waals surface area contributed by atoms with Crippen LogP contribution in [-0.4, -0.2) is 24.4 Å². The molecule has 0 saturated carbocycles. The molecule has 1 aromatic rings. The van der Waals surface area contributed by atoms with E-state index in [0.717, 1.165) is 0 Å². The van der Waals surface area contributed by atoms with Gasteiger partial charge in [-0.05, 0) is 12.5 Å². The number of rotatable bonds is 6. The molecule has 5 N–H and O–H groups in total. The molecule has 0 aliphatic rings. The lowest BCUT2D eigenvalue weighted by Crippen LogP contribution is -2.30. The number of hydrogen-bond donors (Lipinski definition) is 3. The number of pyridine rings is 1. The lowest BCUT2D eigenvalue weighted by molar-refractivity contribution is -0.174. The third kappa shape index (κ3) is 4.86. The van der Waals surface area contributed by atoms with Crippen molar-refractivity contribution in [2.24, 2.45) is 5.84 Å². The highest BCUT2D eigenvalue weighted by Crippen LogP contribution is 2.21. The molecule has 0 aliphatic carbocycles. The maximum atomic E-state index is 11.9. The maximum Gasteiger partial charge on any atom is 0.411 e. The highest BCUT2D eigenvalue weighted by atomic mass is 19.4. The van der Waals surface area contributed by atoms with E-state index in [4.69, 9.17) is 11.6 Å². The number of nitrogens with zero attached hydrogens (tertiary/aromatic N) is 1. The second-order valence-corrected chi connectivity index (χ2v) is 3.68. The van der Waals surface area contributed by atoms with Crippen molar-refractivity contribution in [3.05, 3.63) is 24.0 Å². The number of ether oxygens (including phenoxy) is 1. The molecule has 0 saturated heterocycles. The van der Waals surface area contributed by atoms with Crippen LogP contribution in [0, 0.1) is 0 Å². The van der Waals surface area contributed by atoms with Crippen molar-refractivity contribution in [3.63, 3.8) is 0 Å². The van der Waals surface area contributed by atoms with Crippen LogP contribution in [0.5, 0.6) is 0 Å². The van der Waals surface area contributed by atoms with E-state index < -0.39 is 18.8 Å². The molecule has 0 amide bonds.